The predicted octanol–water partition coefficient (Wildman–Crippen LogP) is 1.14. The van der Waals surface area contributed by atoms with Crippen molar-refractivity contribution in [2.45, 2.75) is 62.9 Å². The number of amides is 1. The minimum absolute atomic E-state index is 0.0103. The first kappa shape index (κ1) is 15.3. The number of carbonyl (C=O) groups excluding carboxylic acids is 1. The molecule has 0 spiro atoms. The van der Waals surface area contributed by atoms with E-state index in [-0.39, 0.29) is 11.9 Å². The van der Waals surface area contributed by atoms with Gasteiger partial charge in [0, 0.05) is 19.1 Å². The second-order valence-corrected chi connectivity index (χ2v) is 6.27. The minimum atomic E-state index is -0.625. The molecule has 1 saturated carbocycles. The van der Waals surface area contributed by atoms with Crippen molar-refractivity contribution in [3.05, 3.63) is 0 Å². The van der Waals surface area contributed by atoms with E-state index in [0.717, 1.165) is 51.6 Å². The monoisotopic (exact) mass is 278 g/mol. The summed E-state index contributed by atoms with van der Waals surface area (Å²) >= 11 is 0. The van der Waals surface area contributed by atoms with Crippen LogP contribution in [0.15, 0.2) is 0 Å². The highest BCUT2D eigenvalue weighted by atomic mass is 16.2. The molecule has 5 nitrogen and oxygen atoms in total. The molecular formula is C15H26N4O. The lowest BCUT2D eigenvalue weighted by Crippen LogP contribution is -2.51. The molecule has 2 rings (SSSR count). The van der Waals surface area contributed by atoms with Crippen molar-refractivity contribution in [2.75, 3.05) is 19.6 Å². The normalized spacial score (nSPS) is 24.6. The van der Waals surface area contributed by atoms with Gasteiger partial charge in [-0.05, 0) is 25.7 Å². The third-order valence-electron chi connectivity index (χ3n) is 4.55. The Bertz CT molecular complexity index is 361. The van der Waals surface area contributed by atoms with Gasteiger partial charge >= 0.3 is 0 Å². The molecule has 2 fully saturated rings. The summed E-state index contributed by atoms with van der Waals surface area (Å²) in [6, 6.07) is 2.64. The van der Waals surface area contributed by atoms with Gasteiger partial charge in [0.25, 0.3) is 0 Å². The summed E-state index contributed by atoms with van der Waals surface area (Å²) in [4.78, 5) is 14.3. The standard InChI is InChI=1S/C15H26N4O/c16-12-15(7-3-1-2-4-8-15)18-14(20)11-19-9-5-13(17)6-10-19/h13H,1-11,17H2,(H,18,20). The van der Waals surface area contributed by atoms with Crippen molar-refractivity contribution in [1.29, 1.82) is 5.26 Å². The summed E-state index contributed by atoms with van der Waals surface area (Å²) in [5.41, 5.74) is 5.24. The van der Waals surface area contributed by atoms with Crippen molar-refractivity contribution < 1.29 is 4.79 Å². The fourth-order valence-corrected chi connectivity index (χ4v) is 3.22. The molecule has 1 heterocycles. The van der Waals surface area contributed by atoms with E-state index in [1.54, 1.807) is 0 Å². The summed E-state index contributed by atoms with van der Waals surface area (Å²) in [5, 5.41) is 12.5. The quantitative estimate of drug-likeness (QED) is 0.759. The summed E-state index contributed by atoms with van der Waals surface area (Å²) in [5.74, 6) is -0.0103. The first-order valence-electron chi connectivity index (χ1n) is 7.84. The molecule has 20 heavy (non-hydrogen) atoms. The first-order valence-corrected chi connectivity index (χ1v) is 7.84. The Morgan fingerprint density at radius 2 is 1.85 bits per heavy atom. The van der Waals surface area contributed by atoms with Gasteiger partial charge in [-0.3, -0.25) is 9.69 Å². The molecule has 0 aromatic heterocycles. The van der Waals surface area contributed by atoms with Gasteiger partial charge in [0.2, 0.25) is 5.91 Å². The average Bonchev–Trinajstić information content (AvgIpc) is 2.67. The van der Waals surface area contributed by atoms with Crippen LogP contribution >= 0.6 is 0 Å². The van der Waals surface area contributed by atoms with E-state index in [2.05, 4.69) is 16.3 Å². The Kier molecular flexibility index (Phi) is 5.38. The number of hydrogen-bond acceptors (Lipinski definition) is 4. The minimum Gasteiger partial charge on any atom is -0.337 e. The largest absolute Gasteiger partial charge is 0.337 e. The third-order valence-corrected chi connectivity index (χ3v) is 4.55. The lowest BCUT2D eigenvalue weighted by Gasteiger charge is -2.31. The van der Waals surface area contributed by atoms with Crippen LogP contribution in [0.25, 0.3) is 0 Å². The highest BCUT2D eigenvalue weighted by Crippen LogP contribution is 2.26. The van der Waals surface area contributed by atoms with Crippen LogP contribution in [0.2, 0.25) is 0 Å². The van der Waals surface area contributed by atoms with Crippen LogP contribution in [-0.2, 0) is 4.79 Å². The molecule has 0 atom stereocenters. The number of nitrogens with zero attached hydrogens (tertiary/aromatic N) is 2. The molecule has 1 amide bonds. The Morgan fingerprint density at radius 3 is 2.40 bits per heavy atom. The van der Waals surface area contributed by atoms with E-state index >= 15 is 0 Å². The number of rotatable bonds is 3. The smallest absolute Gasteiger partial charge is 0.235 e. The van der Waals surface area contributed by atoms with Gasteiger partial charge in [-0.2, -0.15) is 5.26 Å². The highest BCUT2D eigenvalue weighted by molar-refractivity contribution is 5.79. The topological polar surface area (TPSA) is 82.2 Å². The lowest BCUT2D eigenvalue weighted by molar-refractivity contribution is -0.124. The zero-order valence-electron chi connectivity index (χ0n) is 12.2. The number of hydrogen-bond donors (Lipinski definition) is 2. The van der Waals surface area contributed by atoms with Crippen molar-refractivity contribution in [3.63, 3.8) is 0 Å². The van der Waals surface area contributed by atoms with Crippen molar-refractivity contribution >= 4 is 5.91 Å². The van der Waals surface area contributed by atoms with Crippen molar-refractivity contribution in [1.82, 2.24) is 10.2 Å². The van der Waals surface area contributed by atoms with Gasteiger partial charge in [0.15, 0.2) is 0 Å². The summed E-state index contributed by atoms with van der Waals surface area (Å²) in [6.45, 7) is 2.17. The average molecular weight is 278 g/mol. The van der Waals surface area contributed by atoms with Gasteiger partial charge in [-0.25, -0.2) is 0 Å². The fraction of sp³-hybridized carbons (Fsp3) is 0.867. The molecule has 2 aliphatic rings. The van der Waals surface area contributed by atoms with Gasteiger partial charge in [0.1, 0.15) is 5.54 Å². The van der Waals surface area contributed by atoms with E-state index < -0.39 is 5.54 Å². The number of nitrogens with one attached hydrogen (secondary N) is 1. The van der Waals surface area contributed by atoms with E-state index in [1.807, 2.05) is 0 Å². The fourth-order valence-electron chi connectivity index (χ4n) is 3.22. The highest BCUT2D eigenvalue weighted by Gasteiger charge is 2.33. The maximum absolute atomic E-state index is 12.2. The summed E-state index contributed by atoms with van der Waals surface area (Å²) in [7, 11) is 0. The molecule has 3 N–H and O–H groups in total. The second kappa shape index (κ2) is 7.05. The van der Waals surface area contributed by atoms with Gasteiger partial charge < -0.3 is 11.1 Å². The summed E-state index contributed by atoms with van der Waals surface area (Å²) < 4.78 is 0. The number of likely N-dealkylation sites (tertiary alicyclic amines) is 1. The van der Waals surface area contributed by atoms with Gasteiger partial charge in [0.05, 0.1) is 12.6 Å². The van der Waals surface area contributed by atoms with Crippen LogP contribution in [0.3, 0.4) is 0 Å². The first-order chi connectivity index (χ1) is 9.63. The number of nitriles is 1. The van der Waals surface area contributed by atoms with Crippen LogP contribution in [0.5, 0.6) is 0 Å². The molecule has 0 unspecified atom stereocenters. The Labute approximate surface area is 121 Å². The predicted molar refractivity (Wildman–Crippen MR) is 77.8 cm³/mol. The molecule has 0 radical (unpaired) electrons. The van der Waals surface area contributed by atoms with E-state index in [1.165, 1.54) is 12.8 Å². The second-order valence-electron chi connectivity index (χ2n) is 6.27. The Hall–Kier alpha value is -1.12. The molecule has 0 bridgehead atoms. The van der Waals surface area contributed by atoms with Gasteiger partial charge in [-0.15, -0.1) is 0 Å². The third kappa shape index (κ3) is 4.19. The maximum atomic E-state index is 12.2. The number of nitrogens with two attached hydrogens (primary N) is 1. The van der Waals surface area contributed by atoms with Crippen molar-refractivity contribution in [3.8, 4) is 6.07 Å². The van der Waals surface area contributed by atoms with Crippen LogP contribution in [0, 0.1) is 11.3 Å². The zero-order chi connectivity index (χ0) is 14.4. The Balaban J connectivity index is 1.84. The maximum Gasteiger partial charge on any atom is 0.235 e. The Morgan fingerprint density at radius 1 is 1.25 bits per heavy atom. The SMILES string of the molecule is N#CC1(NC(=O)CN2CCC(N)CC2)CCCCCC1. The van der Waals surface area contributed by atoms with Crippen LogP contribution in [-0.4, -0.2) is 42.0 Å². The zero-order valence-corrected chi connectivity index (χ0v) is 12.2. The molecule has 1 saturated heterocycles. The van der Waals surface area contributed by atoms with Crippen LogP contribution < -0.4 is 11.1 Å². The number of carbonyl (C=O) groups is 1. The van der Waals surface area contributed by atoms with E-state index in [0.29, 0.717) is 6.54 Å². The summed E-state index contributed by atoms with van der Waals surface area (Å²) in [6.07, 6.45) is 7.90. The molecule has 1 aliphatic carbocycles. The molecule has 5 heteroatoms. The number of piperidine rings is 1. The van der Waals surface area contributed by atoms with Crippen molar-refractivity contribution in [2.24, 2.45) is 5.73 Å². The molecule has 1 aliphatic heterocycles. The van der Waals surface area contributed by atoms with Crippen LogP contribution in [0.4, 0.5) is 0 Å². The van der Waals surface area contributed by atoms with E-state index in [4.69, 9.17) is 5.73 Å². The molecule has 0 aromatic rings. The van der Waals surface area contributed by atoms with Gasteiger partial charge in [-0.1, -0.05) is 25.7 Å². The van der Waals surface area contributed by atoms with E-state index in [9.17, 15) is 10.1 Å². The lowest BCUT2D eigenvalue weighted by atomic mass is 9.92. The molecule has 0 aromatic carbocycles. The van der Waals surface area contributed by atoms with Crippen LogP contribution in [0.1, 0.15) is 51.4 Å². The molecule has 112 valence electrons. The molecular weight excluding hydrogens is 252 g/mol.